The molecule has 1 N–H and O–H groups in total. The fraction of sp³-hybridized carbons (Fsp3) is 0.176. The number of nitrogens with one attached hydrogen (secondary N) is 1. The molecule has 2 aromatic rings. The van der Waals surface area contributed by atoms with E-state index in [-0.39, 0.29) is 6.54 Å². The molecule has 0 aliphatic carbocycles. The van der Waals surface area contributed by atoms with Gasteiger partial charge in [-0.3, -0.25) is 4.79 Å². The van der Waals surface area contributed by atoms with E-state index >= 15 is 0 Å². The molecule has 24 heavy (non-hydrogen) atoms. The van der Waals surface area contributed by atoms with Gasteiger partial charge in [0.25, 0.3) is 5.91 Å². The normalized spacial score (nSPS) is 10.1. The summed E-state index contributed by atoms with van der Waals surface area (Å²) in [6.45, 7) is -0.432. The fourth-order valence-corrected chi connectivity index (χ4v) is 1.96. The minimum absolute atomic E-state index is 0.175. The summed E-state index contributed by atoms with van der Waals surface area (Å²) in [5.41, 5.74) is 0.184. The van der Waals surface area contributed by atoms with Crippen LogP contribution in [0.4, 0.5) is 8.78 Å². The van der Waals surface area contributed by atoms with Crippen molar-refractivity contribution < 1.29 is 27.8 Å². The Balaban J connectivity index is 1.87. The van der Waals surface area contributed by atoms with Crippen LogP contribution in [0.1, 0.15) is 15.9 Å². The molecule has 0 bridgehead atoms. The van der Waals surface area contributed by atoms with Crippen LogP contribution in [0.3, 0.4) is 0 Å². The maximum Gasteiger partial charge on any atom is 0.341 e. The Kier molecular flexibility index (Phi) is 5.83. The number of methoxy groups -OCH3 is 1. The van der Waals surface area contributed by atoms with Crippen LogP contribution >= 0.6 is 0 Å². The number of esters is 1. The Morgan fingerprint density at radius 1 is 1.12 bits per heavy atom. The zero-order valence-electron chi connectivity index (χ0n) is 12.8. The molecule has 7 heteroatoms. The van der Waals surface area contributed by atoms with Gasteiger partial charge < -0.3 is 14.8 Å². The van der Waals surface area contributed by atoms with Gasteiger partial charge in [0.05, 0.1) is 12.7 Å². The van der Waals surface area contributed by atoms with E-state index < -0.39 is 35.7 Å². The molecule has 0 heterocycles. The summed E-state index contributed by atoms with van der Waals surface area (Å²) in [6.07, 6.45) is 0. The first-order chi connectivity index (χ1) is 11.5. The standard InChI is InChI=1S/C17H15F2NO4/c1-23-15-5-3-2-4-11(15)9-20-16(21)10-24-17(22)13-8-12(18)6-7-14(13)19/h2-8H,9-10H2,1H3,(H,20,21). The van der Waals surface area contributed by atoms with Crippen LogP contribution in [0.2, 0.25) is 0 Å². The first-order valence-electron chi connectivity index (χ1n) is 7.02. The second-order valence-electron chi connectivity index (χ2n) is 4.79. The van der Waals surface area contributed by atoms with Crippen molar-refractivity contribution in [1.29, 1.82) is 0 Å². The lowest BCUT2D eigenvalue weighted by Crippen LogP contribution is -2.28. The number of para-hydroxylation sites is 1. The second-order valence-corrected chi connectivity index (χ2v) is 4.79. The molecule has 0 radical (unpaired) electrons. The van der Waals surface area contributed by atoms with Crippen LogP contribution in [0, 0.1) is 11.6 Å². The third kappa shape index (κ3) is 4.52. The number of rotatable bonds is 6. The van der Waals surface area contributed by atoms with Crippen molar-refractivity contribution >= 4 is 11.9 Å². The highest BCUT2D eigenvalue weighted by Gasteiger charge is 2.16. The molecule has 2 rings (SSSR count). The van der Waals surface area contributed by atoms with Gasteiger partial charge >= 0.3 is 5.97 Å². The number of ether oxygens (including phenoxy) is 2. The van der Waals surface area contributed by atoms with Gasteiger partial charge in [-0.1, -0.05) is 18.2 Å². The van der Waals surface area contributed by atoms with Crippen molar-refractivity contribution in [1.82, 2.24) is 5.32 Å². The van der Waals surface area contributed by atoms with Crippen LogP contribution in [-0.2, 0) is 16.1 Å². The predicted molar refractivity (Wildman–Crippen MR) is 81.5 cm³/mol. The Morgan fingerprint density at radius 3 is 2.62 bits per heavy atom. The van der Waals surface area contributed by atoms with Gasteiger partial charge in [-0.25, -0.2) is 13.6 Å². The van der Waals surface area contributed by atoms with E-state index in [1.165, 1.54) is 7.11 Å². The largest absolute Gasteiger partial charge is 0.496 e. The van der Waals surface area contributed by atoms with Crippen LogP contribution < -0.4 is 10.1 Å². The van der Waals surface area contributed by atoms with E-state index in [0.29, 0.717) is 11.8 Å². The summed E-state index contributed by atoms with van der Waals surface area (Å²) < 4.78 is 36.3. The van der Waals surface area contributed by atoms with Gasteiger partial charge in [-0.15, -0.1) is 0 Å². The van der Waals surface area contributed by atoms with Crippen LogP contribution in [-0.4, -0.2) is 25.6 Å². The quantitative estimate of drug-likeness (QED) is 0.824. The number of hydrogen-bond acceptors (Lipinski definition) is 4. The molecular weight excluding hydrogens is 320 g/mol. The van der Waals surface area contributed by atoms with Gasteiger partial charge in [-0.05, 0) is 24.3 Å². The summed E-state index contributed by atoms with van der Waals surface area (Å²) in [7, 11) is 1.51. The molecule has 0 spiro atoms. The highest BCUT2D eigenvalue weighted by molar-refractivity contribution is 5.91. The fourth-order valence-electron chi connectivity index (χ4n) is 1.96. The third-order valence-electron chi connectivity index (χ3n) is 3.15. The molecule has 126 valence electrons. The van der Waals surface area contributed by atoms with Crippen LogP contribution in [0.5, 0.6) is 5.75 Å². The summed E-state index contributed by atoms with van der Waals surface area (Å²) in [4.78, 5) is 23.4. The average molecular weight is 335 g/mol. The van der Waals surface area contributed by atoms with E-state index in [9.17, 15) is 18.4 Å². The van der Waals surface area contributed by atoms with E-state index in [4.69, 9.17) is 4.74 Å². The molecule has 1 amide bonds. The van der Waals surface area contributed by atoms with Crippen molar-refractivity contribution in [3.63, 3.8) is 0 Å². The molecule has 0 saturated heterocycles. The van der Waals surface area contributed by atoms with Crippen molar-refractivity contribution in [3.05, 3.63) is 65.2 Å². The van der Waals surface area contributed by atoms with Crippen LogP contribution in [0.15, 0.2) is 42.5 Å². The average Bonchev–Trinajstić information content (AvgIpc) is 2.60. The summed E-state index contributed by atoms with van der Waals surface area (Å²) in [5.74, 6) is -2.78. The number of amides is 1. The minimum atomic E-state index is -1.11. The lowest BCUT2D eigenvalue weighted by molar-refractivity contribution is -0.124. The Morgan fingerprint density at radius 2 is 1.88 bits per heavy atom. The second kappa shape index (κ2) is 8.05. The number of carbonyl (C=O) groups excluding carboxylic acids is 2. The molecular formula is C17H15F2NO4. The van der Waals surface area contributed by atoms with E-state index in [0.717, 1.165) is 17.7 Å². The highest BCUT2D eigenvalue weighted by atomic mass is 19.1. The SMILES string of the molecule is COc1ccccc1CNC(=O)COC(=O)c1cc(F)ccc1F. The van der Waals surface area contributed by atoms with Gasteiger partial charge in [0.15, 0.2) is 6.61 Å². The van der Waals surface area contributed by atoms with Gasteiger partial charge in [0.2, 0.25) is 0 Å². The van der Waals surface area contributed by atoms with E-state index in [2.05, 4.69) is 10.1 Å². The van der Waals surface area contributed by atoms with Crippen molar-refractivity contribution in [2.45, 2.75) is 6.54 Å². The molecule has 0 fully saturated rings. The molecule has 0 aromatic heterocycles. The van der Waals surface area contributed by atoms with Gasteiger partial charge in [0, 0.05) is 12.1 Å². The maximum absolute atomic E-state index is 13.4. The highest BCUT2D eigenvalue weighted by Crippen LogP contribution is 2.16. The Hall–Kier alpha value is -2.96. The number of carbonyl (C=O) groups is 2. The van der Waals surface area contributed by atoms with Crippen molar-refractivity contribution in [2.75, 3.05) is 13.7 Å². The zero-order valence-corrected chi connectivity index (χ0v) is 12.8. The Bertz CT molecular complexity index is 749. The summed E-state index contributed by atoms with van der Waals surface area (Å²) >= 11 is 0. The molecule has 0 aliphatic heterocycles. The molecule has 0 unspecified atom stereocenters. The lowest BCUT2D eigenvalue weighted by Gasteiger charge is -2.10. The first kappa shape index (κ1) is 17.4. The molecule has 5 nitrogen and oxygen atoms in total. The third-order valence-corrected chi connectivity index (χ3v) is 3.15. The molecule has 0 aliphatic rings. The van der Waals surface area contributed by atoms with Crippen molar-refractivity contribution in [2.24, 2.45) is 0 Å². The lowest BCUT2D eigenvalue weighted by atomic mass is 10.2. The smallest absolute Gasteiger partial charge is 0.341 e. The summed E-state index contributed by atoms with van der Waals surface area (Å²) in [5, 5.41) is 2.54. The topological polar surface area (TPSA) is 64.6 Å². The Labute approximate surface area is 137 Å². The number of benzene rings is 2. The van der Waals surface area contributed by atoms with Crippen molar-refractivity contribution in [3.8, 4) is 5.75 Å². The monoisotopic (exact) mass is 335 g/mol. The van der Waals surface area contributed by atoms with Gasteiger partial charge in [0.1, 0.15) is 17.4 Å². The zero-order chi connectivity index (χ0) is 17.5. The first-order valence-corrected chi connectivity index (χ1v) is 7.02. The minimum Gasteiger partial charge on any atom is -0.496 e. The molecule has 0 saturated carbocycles. The van der Waals surface area contributed by atoms with E-state index in [1.54, 1.807) is 24.3 Å². The maximum atomic E-state index is 13.4. The number of hydrogen-bond donors (Lipinski definition) is 1. The van der Waals surface area contributed by atoms with Gasteiger partial charge in [-0.2, -0.15) is 0 Å². The molecule has 2 aromatic carbocycles. The molecule has 0 atom stereocenters. The number of halogens is 2. The van der Waals surface area contributed by atoms with Crippen LogP contribution in [0.25, 0.3) is 0 Å². The van der Waals surface area contributed by atoms with E-state index in [1.807, 2.05) is 0 Å². The predicted octanol–water partition coefficient (Wildman–Crippen LogP) is 2.45. The summed E-state index contributed by atoms with van der Waals surface area (Å²) in [6, 6.07) is 9.50.